The van der Waals surface area contributed by atoms with E-state index in [1.54, 1.807) is 0 Å². The predicted octanol–water partition coefficient (Wildman–Crippen LogP) is 5.28. The molecule has 3 unspecified atom stereocenters. The van der Waals surface area contributed by atoms with Gasteiger partial charge >= 0.3 is 0 Å². The van der Waals surface area contributed by atoms with Gasteiger partial charge in [-0.3, -0.25) is 4.98 Å². The molecule has 0 aliphatic carbocycles. The van der Waals surface area contributed by atoms with Crippen molar-refractivity contribution in [3.63, 3.8) is 0 Å². The van der Waals surface area contributed by atoms with E-state index in [0.29, 0.717) is 5.92 Å². The topological polar surface area (TPSA) is 12.9 Å². The highest BCUT2D eigenvalue weighted by atomic mass is 14.7. The second kappa shape index (κ2) is 9.21. The van der Waals surface area contributed by atoms with Crippen LogP contribution in [-0.4, -0.2) is 4.98 Å². The first-order chi connectivity index (χ1) is 8.20. The van der Waals surface area contributed by atoms with Gasteiger partial charge in [0.25, 0.3) is 0 Å². The van der Waals surface area contributed by atoms with Gasteiger partial charge in [-0.05, 0) is 30.4 Å². The maximum absolute atomic E-state index is 4.49. The molecule has 1 heteroatoms. The summed E-state index contributed by atoms with van der Waals surface area (Å²) in [7, 11) is 0. The second-order valence-corrected chi connectivity index (χ2v) is 4.51. The van der Waals surface area contributed by atoms with E-state index in [9.17, 15) is 0 Å². The average Bonchev–Trinajstić information content (AvgIpc) is 2.42. The Hall–Kier alpha value is -0.850. The van der Waals surface area contributed by atoms with Crippen LogP contribution in [-0.2, 0) is 0 Å². The van der Waals surface area contributed by atoms with Gasteiger partial charge in [-0.2, -0.15) is 0 Å². The van der Waals surface area contributed by atoms with Gasteiger partial charge < -0.3 is 0 Å². The Kier molecular flexibility index (Phi) is 8.75. The second-order valence-electron chi connectivity index (χ2n) is 4.51. The van der Waals surface area contributed by atoms with Gasteiger partial charge in [-0.25, -0.2) is 0 Å². The lowest BCUT2D eigenvalue weighted by Crippen LogP contribution is -2.17. The van der Waals surface area contributed by atoms with Crippen LogP contribution in [0.25, 0.3) is 0 Å². The van der Waals surface area contributed by atoms with Gasteiger partial charge in [-0.1, -0.05) is 54.0 Å². The van der Waals surface area contributed by atoms with Crippen LogP contribution in [0.1, 0.15) is 66.0 Å². The lowest BCUT2D eigenvalue weighted by atomic mass is 9.79. The highest BCUT2D eigenvalue weighted by Gasteiger charge is 2.22. The zero-order valence-electron chi connectivity index (χ0n) is 12.4. The van der Waals surface area contributed by atoms with Crippen molar-refractivity contribution in [3.8, 4) is 0 Å². The summed E-state index contributed by atoms with van der Waals surface area (Å²) in [6.07, 6.45) is 4.34. The van der Waals surface area contributed by atoms with Crippen molar-refractivity contribution in [2.75, 3.05) is 0 Å². The molecule has 0 bridgehead atoms. The minimum absolute atomic E-state index is 0.612. The van der Waals surface area contributed by atoms with Crippen molar-refractivity contribution >= 4 is 0 Å². The summed E-state index contributed by atoms with van der Waals surface area (Å²) in [5.41, 5.74) is 1.26. The number of hydrogen-bond donors (Lipinski definition) is 0. The number of aromatic nitrogens is 1. The molecule has 1 aromatic rings. The molecule has 0 saturated carbocycles. The Balaban J connectivity index is 0.00000121. The minimum atomic E-state index is 0.612. The van der Waals surface area contributed by atoms with Crippen LogP contribution in [0.15, 0.2) is 24.4 Å². The monoisotopic (exact) mass is 235 g/mol. The molecule has 1 heterocycles. The average molecular weight is 235 g/mol. The molecule has 1 rings (SSSR count). The fraction of sp³-hybridized carbons (Fsp3) is 0.688. The summed E-state index contributed by atoms with van der Waals surface area (Å²) in [5, 5.41) is 0. The number of pyridine rings is 1. The highest BCUT2D eigenvalue weighted by molar-refractivity contribution is 5.10. The molecule has 0 aromatic carbocycles. The molecule has 0 aliphatic heterocycles. The summed E-state index contributed by atoms with van der Waals surface area (Å²) in [6.45, 7) is 13.2. The standard InChI is InChI=1S/C14H23N.C2H6/c1-5-11(3)12(4)13(6-2)14-9-7-8-10-15-14;1-2/h7-13H,5-6H2,1-4H3;1-2H3. The zero-order valence-corrected chi connectivity index (χ0v) is 12.4. The van der Waals surface area contributed by atoms with Crippen molar-refractivity contribution in [2.24, 2.45) is 11.8 Å². The van der Waals surface area contributed by atoms with Crippen molar-refractivity contribution in [1.82, 2.24) is 4.98 Å². The third-order valence-electron chi connectivity index (χ3n) is 3.68. The first-order valence-electron chi connectivity index (χ1n) is 7.11. The van der Waals surface area contributed by atoms with Gasteiger partial charge in [0.15, 0.2) is 0 Å². The summed E-state index contributed by atoms with van der Waals surface area (Å²) >= 11 is 0. The predicted molar refractivity (Wildman–Crippen MR) is 77.2 cm³/mol. The highest BCUT2D eigenvalue weighted by Crippen LogP contribution is 2.32. The third-order valence-corrected chi connectivity index (χ3v) is 3.68. The van der Waals surface area contributed by atoms with E-state index in [2.05, 4.69) is 44.8 Å². The van der Waals surface area contributed by atoms with Crippen LogP contribution in [0.5, 0.6) is 0 Å². The van der Waals surface area contributed by atoms with Crippen molar-refractivity contribution in [1.29, 1.82) is 0 Å². The molecule has 0 aliphatic rings. The molecule has 3 atom stereocenters. The van der Waals surface area contributed by atoms with Gasteiger partial charge in [0.05, 0.1) is 0 Å². The van der Waals surface area contributed by atoms with Gasteiger partial charge in [0.1, 0.15) is 0 Å². The van der Waals surface area contributed by atoms with E-state index in [-0.39, 0.29) is 0 Å². The Morgan fingerprint density at radius 2 is 1.71 bits per heavy atom. The van der Waals surface area contributed by atoms with Crippen LogP contribution >= 0.6 is 0 Å². The third kappa shape index (κ3) is 4.89. The van der Waals surface area contributed by atoms with E-state index in [1.165, 1.54) is 18.5 Å². The molecule has 0 radical (unpaired) electrons. The molecule has 1 aromatic heterocycles. The first kappa shape index (κ1) is 16.1. The van der Waals surface area contributed by atoms with Gasteiger partial charge in [0, 0.05) is 17.8 Å². The van der Waals surface area contributed by atoms with Crippen LogP contribution in [0.4, 0.5) is 0 Å². The van der Waals surface area contributed by atoms with E-state index in [1.807, 2.05) is 26.1 Å². The Labute approximate surface area is 108 Å². The number of nitrogens with zero attached hydrogens (tertiary/aromatic N) is 1. The summed E-state index contributed by atoms with van der Waals surface area (Å²) < 4.78 is 0. The normalized spacial score (nSPS) is 15.4. The summed E-state index contributed by atoms with van der Waals surface area (Å²) in [6, 6.07) is 6.24. The lowest BCUT2D eigenvalue weighted by molar-refractivity contribution is 0.307. The Bertz CT molecular complexity index is 268. The summed E-state index contributed by atoms with van der Waals surface area (Å²) in [5.74, 6) is 2.10. The maximum atomic E-state index is 4.49. The Morgan fingerprint density at radius 3 is 2.12 bits per heavy atom. The number of rotatable bonds is 5. The van der Waals surface area contributed by atoms with Crippen LogP contribution in [0.2, 0.25) is 0 Å². The van der Waals surface area contributed by atoms with Crippen LogP contribution < -0.4 is 0 Å². The van der Waals surface area contributed by atoms with Crippen LogP contribution in [0.3, 0.4) is 0 Å². The van der Waals surface area contributed by atoms with Crippen molar-refractivity contribution < 1.29 is 0 Å². The fourth-order valence-electron chi connectivity index (χ4n) is 2.21. The molecule has 98 valence electrons. The lowest BCUT2D eigenvalue weighted by Gasteiger charge is -2.27. The molecule has 1 nitrogen and oxygen atoms in total. The molecule has 0 N–H and O–H groups in total. The van der Waals surface area contributed by atoms with E-state index >= 15 is 0 Å². The molecular weight excluding hydrogens is 206 g/mol. The van der Waals surface area contributed by atoms with E-state index < -0.39 is 0 Å². The quantitative estimate of drug-likeness (QED) is 0.676. The zero-order chi connectivity index (χ0) is 13.3. The van der Waals surface area contributed by atoms with E-state index in [0.717, 1.165) is 11.8 Å². The maximum Gasteiger partial charge on any atom is 0.0437 e. The number of hydrogen-bond acceptors (Lipinski definition) is 1. The van der Waals surface area contributed by atoms with Crippen LogP contribution in [0, 0.1) is 11.8 Å². The molecule has 0 saturated heterocycles. The van der Waals surface area contributed by atoms with E-state index in [4.69, 9.17) is 0 Å². The SMILES string of the molecule is CC.CCC(C)C(C)C(CC)c1ccccn1. The minimum Gasteiger partial charge on any atom is -0.261 e. The first-order valence-corrected chi connectivity index (χ1v) is 7.11. The molecular formula is C16H29N. The van der Waals surface area contributed by atoms with Gasteiger partial charge in [0.2, 0.25) is 0 Å². The van der Waals surface area contributed by atoms with Crippen molar-refractivity contribution in [2.45, 2.75) is 60.3 Å². The Morgan fingerprint density at radius 1 is 1.06 bits per heavy atom. The molecule has 0 spiro atoms. The molecule has 17 heavy (non-hydrogen) atoms. The summed E-state index contributed by atoms with van der Waals surface area (Å²) in [4.78, 5) is 4.49. The van der Waals surface area contributed by atoms with Crippen molar-refractivity contribution in [3.05, 3.63) is 30.1 Å². The smallest absolute Gasteiger partial charge is 0.0437 e. The molecule has 0 fully saturated rings. The van der Waals surface area contributed by atoms with Gasteiger partial charge in [-0.15, -0.1) is 0 Å². The fourth-order valence-corrected chi connectivity index (χ4v) is 2.21. The largest absolute Gasteiger partial charge is 0.261 e. The molecule has 0 amide bonds.